The van der Waals surface area contributed by atoms with Crippen LogP contribution >= 0.6 is 0 Å². The maximum atomic E-state index is 13.0. The van der Waals surface area contributed by atoms with Gasteiger partial charge in [-0.15, -0.1) is 0 Å². The normalized spacial score (nSPS) is 25.7. The minimum Gasteiger partial charge on any atom is -0.352 e. The van der Waals surface area contributed by atoms with E-state index in [0.29, 0.717) is 25.2 Å². The minimum atomic E-state index is -3.64. The van der Waals surface area contributed by atoms with Crippen molar-refractivity contribution in [3.05, 3.63) is 29.3 Å². The highest BCUT2D eigenvalue weighted by Crippen LogP contribution is 2.29. The Morgan fingerprint density at radius 3 is 2.91 bits per heavy atom. The van der Waals surface area contributed by atoms with Crippen LogP contribution in [0.5, 0.6) is 0 Å². The molecule has 1 saturated heterocycles. The Bertz CT molecular complexity index is 717. The van der Waals surface area contributed by atoms with Gasteiger partial charge >= 0.3 is 0 Å². The van der Waals surface area contributed by atoms with Gasteiger partial charge in [-0.3, -0.25) is 4.79 Å². The summed E-state index contributed by atoms with van der Waals surface area (Å²) in [6, 6.07) is 4.69. The number of rotatable bonds is 3. The van der Waals surface area contributed by atoms with Crippen molar-refractivity contribution in [2.75, 3.05) is 19.6 Å². The fourth-order valence-corrected chi connectivity index (χ4v) is 5.34. The predicted molar refractivity (Wildman–Crippen MR) is 87.6 cm³/mol. The van der Waals surface area contributed by atoms with Crippen molar-refractivity contribution in [1.29, 1.82) is 0 Å². The molecule has 2 aliphatic heterocycles. The molecule has 1 fully saturated rings. The van der Waals surface area contributed by atoms with Crippen LogP contribution in [-0.2, 0) is 16.4 Å². The van der Waals surface area contributed by atoms with Crippen LogP contribution < -0.4 is 11.1 Å². The highest BCUT2D eigenvalue weighted by molar-refractivity contribution is 7.89. The number of sulfonamides is 1. The minimum absolute atomic E-state index is 0.181. The Balaban J connectivity index is 1.99. The molecule has 7 heteroatoms. The van der Waals surface area contributed by atoms with Crippen LogP contribution in [0.4, 0.5) is 0 Å². The molecule has 0 spiro atoms. The number of amides is 1. The lowest BCUT2D eigenvalue weighted by Gasteiger charge is -2.38. The number of piperidine rings is 1. The van der Waals surface area contributed by atoms with E-state index in [-0.39, 0.29) is 22.8 Å². The Hall–Kier alpha value is -1.44. The third-order valence-electron chi connectivity index (χ3n) is 4.92. The summed E-state index contributed by atoms with van der Waals surface area (Å²) in [6.45, 7) is 3.43. The van der Waals surface area contributed by atoms with Gasteiger partial charge in [-0.1, -0.05) is 13.0 Å². The maximum Gasteiger partial charge on any atom is 0.251 e. The number of hydrogen-bond acceptors (Lipinski definition) is 4. The van der Waals surface area contributed by atoms with Crippen LogP contribution in [-0.4, -0.2) is 44.3 Å². The molecule has 6 nitrogen and oxygen atoms in total. The number of nitrogens with one attached hydrogen (secondary N) is 1. The van der Waals surface area contributed by atoms with Crippen LogP contribution in [0, 0.1) is 5.92 Å². The van der Waals surface area contributed by atoms with Crippen LogP contribution in [0.15, 0.2) is 23.1 Å². The molecule has 0 aromatic heterocycles. The van der Waals surface area contributed by atoms with E-state index in [4.69, 9.17) is 5.73 Å². The molecule has 2 aliphatic rings. The maximum absolute atomic E-state index is 13.0. The molecule has 3 N–H and O–H groups in total. The summed E-state index contributed by atoms with van der Waals surface area (Å²) in [4.78, 5) is 12.2. The zero-order valence-corrected chi connectivity index (χ0v) is 14.1. The van der Waals surface area contributed by atoms with Crippen LogP contribution in [0.25, 0.3) is 0 Å². The van der Waals surface area contributed by atoms with Gasteiger partial charge in [0.2, 0.25) is 10.0 Å². The van der Waals surface area contributed by atoms with Gasteiger partial charge in [0, 0.05) is 31.2 Å². The summed E-state index contributed by atoms with van der Waals surface area (Å²) >= 11 is 0. The summed E-state index contributed by atoms with van der Waals surface area (Å²) in [5.74, 6) is 0.0372. The molecule has 0 aliphatic carbocycles. The highest BCUT2D eigenvalue weighted by Gasteiger charge is 2.36. The largest absolute Gasteiger partial charge is 0.352 e. The molecule has 1 amide bonds. The molecule has 3 rings (SSSR count). The number of carbonyl (C=O) groups is 1. The van der Waals surface area contributed by atoms with Crippen molar-refractivity contribution < 1.29 is 13.2 Å². The van der Waals surface area contributed by atoms with Crippen molar-refractivity contribution in [3.63, 3.8) is 0 Å². The Kier molecular flexibility index (Phi) is 4.44. The molecule has 1 aromatic rings. The molecule has 23 heavy (non-hydrogen) atoms. The van der Waals surface area contributed by atoms with Gasteiger partial charge in [-0.2, -0.15) is 4.31 Å². The number of benzene rings is 1. The average Bonchev–Trinajstić information content (AvgIpc) is 2.54. The fraction of sp³-hybridized carbons (Fsp3) is 0.562. The molecule has 0 saturated carbocycles. The van der Waals surface area contributed by atoms with Gasteiger partial charge in [0.1, 0.15) is 0 Å². The van der Waals surface area contributed by atoms with E-state index < -0.39 is 10.0 Å². The number of hydrogen-bond donors (Lipinski definition) is 2. The molecule has 126 valence electrons. The second kappa shape index (κ2) is 6.22. The molecule has 2 unspecified atom stereocenters. The summed E-state index contributed by atoms with van der Waals surface area (Å²) in [7, 11) is -3.64. The molecule has 0 radical (unpaired) electrons. The third kappa shape index (κ3) is 2.88. The zero-order valence-electron chi connectivity index (χ0n) is 13.3. The molecule has 2 heterocycles. The van der Waals surface area contributed by atoms with Gasteiger partial charge in [0.25, 0.3) is 5.91 Å². The van der Waals surface area contributed by atoms with Gasteiger partial charge in [0.15, 0.2) is 0 Å². The van der Waals surface area contributed by atoms with E-state index in [2.05, 4.69) is 5.32 Å². The van der Waals surface area contributed by atoms with Crippen LogP contribution in [0.3, 0.4) is 0 Å². The van der Waals surface area contributed by atoms with E-state index in [1.165, 1.54) is 10.4 Å². The number of carbonyl (C=O) groups excluding carboxylic acids is 1. The predicted octanol–water partition coefficient (Wildman–Crippen LogP) is 0.720. The summed E-state index contributed by atoms with van der Waals surface area (Å²) in [5, 5.41) is 2.76. The topological polar surface area (TPSA) is 92.5 Å². The summed E-state index contributed by atoms with van der Waals surface area (Å²) in [6.07, 6.45) is 2.55. The first-order valence-corrected chi connectivity index (χ1v) is 9.52. The summed E-state index contributed by atoms with van der Waals surface area (Å²) in [5.41, 5.74) is 7.18. The zero-order chi connectivity index (χ0) is 16.6. The van der Waals surface area contributed by atoms with E-state index in [1.807, 2.05) is 6.92 Å². The standard InChI is InChI=1S/C16H23N3O3S/c1-11-3-2-8-19(15(11)10-17)23(21,22)13-5-4-12-6-7-18-16(20)14(12)9-13/h4-5,9,11,15H,2-3,6-8,10,17H2,1H3,(H,18,20). The van der Waals surface area contributed by atoms with Crippen molar-refractivity contribution in [3.8, 4) is 0 Å². The van der Waals surface area contributed by atoms with Gasteiger partial charge in [0.05, 0.1) is 4.90 Å². The average molecular weight is 337 g/mol. The molecule has 2 atom stereocenters. The van der Waals surface area contributed by atoms with E-state index in [1.54, 1.807) is 12.1 Å². The smallest absolute Gasteiger partial charge is 0.251 e. The van der Waals surface area contributed by atoms with E-state index in [9.17, 15) is 13.2 Å². The summed E-state index contributed by atoms with van der Waals surface area (Å²) < 4.78 is 27.6. The lowest BCUT2D eigenvalue weighted by Crippen LogP contribution is -2.51. The SMILES string of the molecule is CC1CCCN(S(=O)(=O)c2ccc3c(c2)C(=O)NCC3)C1CN. The lowest BCUT2D eigenvalue weighted by atomic mass is 9.93. The number of nitrogens with two attached hydrogens (primary N) is 1. The van der Waals surface area contributed by atoms with Crippen molar-refractivity contribution >= 4 is 15.9 Å². The number of fused-ring (bicyclic) bond motifs is 1. The Labute approximate surface area is 137 Å². The van der Waals surface area contributed by atoms with Crippen LogP contribution in [0.1, 0.15) is 35.7 Å². The first-order valence-electron chi connectivity index (χ1n) is 8.08. The van der Waals surface area contributed by atoms with Crippen molar-refractivity contribution in [2.24, 2.45) is 11.7 Å². The Morgan fingerprint density at radius 1 is 1.39 bits per heavy atom. The first-order chi connectivity index (χ1) is 10.9. The van der Waals surface area contributed by atoms with E-state index >= 15 is 0 Å². The van der Waals surface area contributed by atoms with Gasteiger partial charge in [-0.25, -0.2) is 8.42 Å². The van der Waals surface area contributed by atoms with Gasteiger partial charge in [-0.05, 0) is 42.9 Å². The lowest BCUT2D eigenvalue weighted by molar-refractivity contribution is 0.0945. The first kappa shape index (κ1) is 16.4. The molecular formula is C16H23N3O3S. The highest BCUT2D eigenvalue weighted by atomic mass is 32.2. The fourth-order valence-electron chi connectivity index (χ4n) is 3.55. The van der Waals surface area contributed by atoms with E-state index in [0.717, 1.165) is 24.8 Å². The van der Waals surface area contributed by atoms with Gasteiger partial charge < -0.3 is 11.1 Å². The quantitative estimate of drug-likeness (QED) is 0.850. The van der Waals surface area contributed by atoms with Crippen molar-refractivity contribution in [2.45, 2.75) is 37.1 Å². The third-order valence-corrected chi connectivity index (χ3v) is 6.84. The monoisotopic (exact) mass is 337 g/mol. The molecular weight excluding hydrogens is 314 g/mol. The second-order valence-electron chi connectivity index (χ2n) is 6.36. The second-order valence-corrected chi connectivity index (χ2v) is 8.25. The number of nitrogens with zero attached hydrogens (tertiary/aromatic N) is 1. The molecule has 0 bridgehead atoms. The Morgan fingerprint density at radius 2 is 2.17 bits per heavy atom. The van der Waals surface area contributed by atoms with Crippen LogP contribution in [0.2, 0.25) is 0 Å². The molecule has 1 aromatic carbocycles. The van der Waals surface area contributed by atoms with Crippen molar-refractivity contribution in [1.82, 2.24) is 9.62 Å².